The summed E-state index contributed by atoms with van der Waals surface area (Å²) in [6.45, 7) is -0.0545. The Morgan fingerprint density at radius 3 is 2.57 bits per heavy atom. The standard InChI is InChI=1S/C17H17Cl2N3O5S/c1-21(11-12-9-14(22(24)25)5-6-16(12)19)17(23)7-8-20-28(26,27)15-4-2-3-13(18)10-15/h2-6,9-10,20H,7-8,11H2,1H3. The van der Waals surface area contributed by atoms with E-state index in [1.807, 2.05) is 0 Å². The van der Waals surface area contributed by atoms with Gasteiger partial charge in [-0.3, -0.25) is 14.9 Å². The van der Waals surface area contributed by atoms with Crippen molar-refractivity contribution in [3.8, 4) is 0 Å². The highest BCUT2D eigenvalue weighted by atomic mass is 35.5. The van der Waals surface area contributed by atoms with Gasteiger partial charge in [-0.15, -0.1) is 0 Å². The number of nitro benzene ring substituents is 1. The minimum atomic E-state index is -3.79. The van der Waals surface area contributed by atoms with E-state index in [9.17, 15) is 23.3 Å². The van der Waals surface area contributed by atoms with Crippen LogP contribution in [0.25, 0.3) is 0 Å². The van der Waals surface area contributed by atoms with Gasteiger partial charge in [-0.05, 0) is 29.8 Å². The number of hydrogen-bond donors (Lipinski definition) is 1. The third kappa shape index (κ3) is 5.90. The summed E-state index contributed by atoms with van der Waals surface area (Å²) in [7, 11) is -2.28. The summed E-state index contributed by atoms with van der Waals surface area (Å²) >= 11 is 11.8. The first-order valence-corrected chi connectivity index (χ1v) is 10.3. The van der Waals surface area contributed by atoms with Gasteiger partial charge in [0.2, 0.25) is 15.9 Å². The van der Waals surface area contributed by atoms with E-state index in [-0.39, 0.29) is 41.0 Å². The van der Waals surface area contributed by atoms with Crippen molar-refractivity contribution in [2.45, 2.75) is 17.9 Å². The van der Waals surface area contributed by atoms with Crippen LogP contribution in [0.15, 0.2) is 47.4 Å². The summed E-state index contributed by atoms with van der Waals surface area (Å²) in [5, 5.41) is 11.4. The molecule has 0 spiro atoms. The van der Waals surface area contributed by atoms with Crippen molar-refractivity contribution < 1.29 is 18.1 Å². The topological polar surface area (TPSA) is 110 Å². The highest BCUT2D eigenvalue weighted by Crippen LogP contribution is 2.23. The lowest BCUT2D eigenvalue weighted by Crippen LogP contribution is -2.32. The molecule has 0 heterocycles. The van der Waals surface area contributed by atoms with Crippen molar-refractivity contribution in [1.29, 1.82) is 0 Å². The molecular weight excluding hydrogens is 429 g/mol. The van der Waals surface area contributed by atoms with Gasteiger partial charge in [-0.2, -0.15) is 0 Å². The second kappa shape index (κ2) is 9.33. The summed E-state index contributed by atoms with van der Waals surface area (Å²) in [5.41, 5.74) is 0.292. The maximum Gasteiger partial charge on any atom is 0.269 e. The van der Waals surface area contributed by atoms with Crippen molar-refractivity contribution in [2.24, 2.45) is 0 Å². The molecule has 0 aliphatic heterocycles. The molecule has 0 saturated heterocycles. The smallest absolute Gasteiger partial charge is 0.269 e. The molecule has 0 saturated carbocycles. The van der Waals surface area contributed by atoms with E-state index in [1.165, 1.54) is 48.3 Å². The fourth-order valence-electron chi connectivity index (χ4n) is 2.34. The first-order valence-electron chi connectivity index (χ1n) is 8.02. The van der Waals surface area contributed by atoms with Crippen LogP contribution in [0.4, 0.5) is 5.69 Å². The Morgan fingerprint density at radius 2 is 1.93 bits per heavy atom. The number of rotatable bonds is 8. The van der Waals surface area contributed by atoms with Crippen LogP contribution in [-0.4, -0.2) is 37.7 Å². The van der Waals surface area contributed by atoms with E-state index in [0.29, 0.717) is 10.6 Å². The molecule has 0 fully saturated rings. The van der Waals surface area contributed by atoms with Gasteiger partial charge < -0.3 is 4.90 Å². The Bertz CT molecular complexity index is 998. The van der Waals surface area contributed by atoms with Gasteiger partial charge in [0.25, 0.3) is 5.69 Å². The van der Waals surface area contributed by atoms with E-state index in [0.717, 1.165) is 0 Å². The van der Waals surface area contributed by atoms with Crippen molar-refractivity contribution >= 4 is 44.8 Å². The van der Waals surface area contributed by atoms with Crippen molar-refractivity contribution in [3.05, 3.63) is 68.2 Å². The lowest BCUT2D eigenvalue weighted by molar-refractivity contribution is -0.384. The number of benzene rings is 2. The molecule has 11 heteroatoms. The minimum Gasteiger partial charge on any atom is -0.341 e. The van der Waals surface area contributed by atoms with Crippen LogP contribution >= 0.6 is 23.2 Å². The number of hydrogen-bond acceptors (Lipinski definition) is 5. The van der Waals surface area contributed by atoms with Gasteiger partial charge in [-0.25, -0.2) is 13.1 Å². The third-order valence-electron chi connectivity index (χ3n) is 3.81. The Hall–Kier alpha value is -2.20. The maximum atomic E-state index is 12.2. The average molecular weight is 446 g/mol. The van der Waals surface area contributed by atoms with Gasteiger partial charge in [0, 0.05) is 48.7 Å². The van der Waals surface area contributed by atoms with Crippen LogP contribution in [0.1, 0.15) is 12.0 Å². The molecule has 0 aliphatic carbocycles. The Morgan fingerprint density at radius 1 is 1.21 bits per heavy atom. The second-order valence-electron chi connectivity index (χ2n) is 5.89. The molecule has 0 atom stereocenters. The molecule has 0 unspecified atom stereocenters. The fourth-order valence-corrected chi connectivity index (χ4v) is 3.85. The van der Waals surface area contributed by atoms with E-state index < -0.39 is 14.9 Å². The Labute approximate surface area is 172 Å². The molecule has 0 radical (unpaired) electrons. The molecule has 1 N–H and O–H groups in total. The predicted molar refractivity (Wildman–Crippen MR) is 106 cm³/mol. The Kier molecular flexibility index (Phi) is 7.36. The second-order valence-corrected chi connectivity index (χ2v) is 8.50. The van der Waals surface area contributed by atoms with Crippen LogP contribution < -0.4 is 4.72 Å². The van der Waals surface area contributed by atoms with E-state index in [2.05, 4.69) is 4.72 Å². The number of amides is 1. The van der Waals surface area contributed by atoms with Gasteiger partial charge >= 0.3 is 0 Å². The predicted octanol–water partition coefficient (Wildman–Crippen LogP) is 3.23. The minimum absolute atomic E-state index is 0.00387. The lowest BCUT2D eigenvalue weighted by atomic mass is 10.2. The zero-order chi connectivity index (χ0) is 20.9. The number of nitrogens with zero attached hydrogens (tertiary/aromatic N) is 2. The van der Waals surface area contributed by atoms with Gasteiger partial charge in [0.05, 0.1) is 9.82 Å². The average Bonchev–Trinajstić information content (AvgIpc) is 2.63. The molecule has 0 bridgehead atoms. The molecule has 0 aliphatic rings. The molecule has 2 rings (SSSR count). The molecular formula is C17H17Cl2N3O5S. The summed E-state index contributed by atoms with van der Waals surface area (Å²) in [6.07, 6.45) is -0.0944. The molecule has 0 aromatic heterocycles. The quantitative estimate of drug-likeness (QED) is 0.495. The van der Waals surface area contributed by atoms with Gasteiger partial charge in [-0.1, -0.05) is 29.3 Å². The van der Waals surface area contributed by atoms with Crippen molar-refractivity contribution in [2.75, 3.05) is 13.6 Å². The summed E-state index contributed by atoms with van der Waals surface area (Å²) in [6, 6.07) is 9.74. The zero-order valence-corrected chi connectivity index (χ0v) is 17.1. The Balaban J connectivity index is 1.94. The zero-order valence-electron chi connectivity index (χ0n) is 14.8. The first kappa shape index (κ1) is 22.1. The van der Waals surface area contributed by atoms with Crippen LogP contribution in [0.3, 0.4) is 0 Å². The molecule has 28 heavy (non-hydrogen) atoms. The van der Waals surface area contributed by atoms with E-state index in [4.69, 9.17) is 23.2 Å². The van der Waals surface area contributed by atoms with Crippen molar-refractivity contribution in [3.63, 3.8) is 0 Å². The van der Waals surface area contributed by atoms with Crippen molar-refractivity contribution in [1.82, 2.24) is 9.62 Å². The SMILES string of the molecule is CN(Cc1cc([N+](=O)[O-])ccc1Cl)C(=O)CCNS(=O)(=O)c1cccc(Cl)c1. The molecule has 2 aromatic carbocycles. The number of nitrogens with one attached hydrogen (secondary N) is 1. The number of non-ortho nitro benzene ring substituents is 1. The highest BCUT2D eigenvalue weighted by molar-refractivity contribution is 7.89. The van der Waals surface area contributed by atoms with E-state index >= 15 is 0 Å². The van der Waals surface area contributed by atoms with Crippen LogP contribution in [0.5, 0.6) is 0 Å². The molecule has 150 valence electrons. The van der Waals surface area contributed by atoms with Gasteiger partial charge in [0.15, 0.2) is 0 Å². The number of nitro groups is 1. The maximum absolute atomic E-state index is 12.2. The summed E-state index contributed by atoms with van der Waals surface area (Å²) < 4.78 is 26.7. The molecule has 8 nitrogen and oxygen atoms in total. The molecule has 1 amide bonds. The lowest BCUT2D eigenvalue weighted by Gasteiger charge is -2.18. The number of sulfonamides is 1. The summed E-state index contributed by atoms with van der Waals surface area (Å²) in [4.78, 5) is 23.9. The third-order valence-corrected chi connectivity index (χ3v) is 5.87. The molecule has 2 aromatic rings. The largest absolute Gasteiger partial charge is 0.341 e. The van der Waals surface area contributed by atoms with Crippen LogP contribution in [-0.2, 0) is 21.4 Å². The van der Waals surface area contributed by atoms with E-state index in [1.54, 1.807) is 6.07 Å². The monoisotopic (exact) mass is 445 g/mol. The number of halogens is 2. The van der Waals surface area contributed by atoms with Crippen LogP contribution in [0, 0.1) is 10.1 Å². The fraction of sp³-hybridized carbons (Fsp3) is 0.235. The van der Waals surface area contributed by atoms with Gasteiger partial charge in [0.1, 0.15) is 0 Å². The number of carbonyl (C=O) groups is 1. The highest BCUT2D eigenvalue weighted by Gasteiger charge is 2.17. The number of carbonyl (C=O) groups excluding carboxylic acids is 1. The van der Waals surface area contributed by atoms with Crippen LogP contribution in [0.2, 0.25) is 10.0 Å². The summed E-state index contributed by atoms with van der Waals surface area (Å²) in [5.74, 6) is -0.351. The normalized spacial score (nSPS) is 11.2. The first-order chi connectivity index (χ1) is 13.1.